The maximum absolute atomic E-state index is 11.9. The maximum atomic E-state index is 11.9. The molecule has 1 aromatic rings. The Labute approximate surface area is 175 Å². The predicted molar refractivity (Wildman–Crippen MR) is 117 cm³/mol. The van der Waals surface area contributed by atoms with E-state index in [4.69, 9.17) is 17.0 Å². The molecule has 0 unspecified atom stereocenters. The van der Waals surface area contributed by atoms with Crippen LogP contribution in [-0.4, -0.2) is 17.3 Å². The monoisotopic (exact) mass is 409 g/mol. The van der Waals surface area contributed by atoms with Crippen LogP contribution in [0.5, 0.6) is 5.75 Å². The zero-order chi connectivity index (χ0) is 19.3. The van der Waals surface area contributed by atoms with Crippen LogP contribution >= 0.6 is 24.0 Å². The van der Waals surface area contributed by atoms with E-state index in [9.17, 15) is 4.79 Å². The summed E-state index contributed by atoms with van der Waals surface area (Å²) >= 11 is 6.37. The first kappa shape index (κ1) is 18.3. The van der Waals surface area contributed by atoms with Gasteiger partial charge < -0.3 is 10.1 Å². The summed E-state index contributed by atoms with van der Waals surface area (Å²) < 4.78 is 6.06. The van der Waals surface area contributed by atoms with Crippen LogP contribution in [0.1, 0.15) is 49.7 Å². The zero-order valence-electron chi connectivity index (χ0n) is 15.9. The average Bonchev–Trinajstić information content (AvgIpc) is 2.96. The predicted octanol–water partition coefficient (Wildman–Crippen LogP) is 4.75. The highest BCUT2D eigenvalue weighted by atomic mass is 32.2. The molecule has 0 aromatic heterocycles. The maximum Gasteiger partial charge on any atom is 0.263 e. The van der Waals surface area contributed by atoms with Crippen LogP contribution in [0, 0.1) is 35.0 Å². The van der Waals surface area contributed by atoms with Gasteiger partial charge in [-0.05, 0) is 80.1 Å². The van der Waals surface area contributed by atoms with Crippen LogP contribution in [0.3, 0.4) is 0 Å². The van der Waals surface area contributed by atoms with Gasteiger partial charge in [0.25, 0.3) is 5.91 Å². The van der Waals surface area contributed by atoms with Crippen molar-refractivity contribution < 1.29 is 9.53 Å². The molecule has 4 aliphatic carbocycles. The number of amides is 1. The summed E-state index contributed by atoms with van der Waals surface area (Å²) in [4.78, 5) is 12.6. The Morgan fingerprint density at radius 1 is 1.21 bits per heavy atom. The molecule has 0 atom stereocenters. The van der Waals surface area contributed by atoms with Crippen molar-refractivity contribution in [2.45, 2.75) is 38.5 Å². The van der Waals surface area contributed by atoms with Gasteiger partial charge in [-0.3, -0.25) is 4.79 Å². The summed E-state index contributed by atoms with van der Waals surface area (Å²) in [5.41, 5.74) is 2.05. The number of thiocarbonyl (C=S) groups is 1. The van der Waals surface area contributed by atoms with Crippen molar-refractivity contribution in [3.63, 3.8) is 0 Å². The minimum Gasteiger partial charge on any atom is -0.495 e. The van der Waals surface area contributed by atoms with Gasteiger partial charge in [-0.25, -0.2) is 0 Å². The highest BCUT2D eigenvalue weighted by molar-refractivity contribution is 8.26. The van der Waals surface area contributed by atoms with Gasteiger partial charge in [-0.2, -0.15) is 0 Å². The van der Waals surface area contributed by atoms with Crippen LogP contribution in [0.2, 0.25) is 0 Å². The molecule has 1 N–H and O–H groups in total. The Morgan fingerprint density at radius 2 is 1.89 bits per heavy atom. The normalized spacial score (nSPS) is 34.3. The number of carbonyl (C=O) groups is 1. The SMILES string of the molecule is COc1ccc(C=C2SC(=S)NC2=O)cc1C#CC12CC3CC(CC(C3)C1)C2. The number of methoxy groups -OCH3 is 1. The van der Waals surface area contributed by atoms with Crippen molar-refractivity contribution in [2.24, 2.45) is 23.2 Å². The molecule has 5 heteroatoms. The van der Waals surface area contributed by atoms with Crippen molar-refractivity contribution in [2.75, 3.05) is 7.11 Å². The fraction of sp³-hybridized carbons (Fsp3) is 0.478. The van der Waals surface area contributed by atoms with E-state index < -0.39 is 0 Å². The number of nitrogens with one attached hydrogen (secondary N) is 1. The molecule has 0 spiro atoms. The third kappa shape index (κ3) is 3.38. The smallest absolute Gasteiger partial charge is 0.263 e. The topological polar surface area (TPSA) is 38.3 Å². The lowest BCUT2D eigenvalue weighted by molar-refractivity contribution is -0.115. The molecule has 28 heavy (non-hydrogen) atoms. The Bertz CT molecular complexity index is 918. The van der Waals surface area contributed by atoms with Gasteiger partial charge in [0.15, 0.2) is 0 Å². The number of benzene rings is 1. The first-order valence-corrected chi connectivity index (χ1v) is 11.2. The van der Waals surface area contributed by atoms with Gasteiger partial charge in [0.1, 0.15) is 10.1 Å². The Morgan fingerprint density at radius 3 is 2.46 bits per heavy atom. The van der Waals surface area contributed by atoms with Crippen LogP contribution < -0.4 is 10.1 Å². The van der Waals surface area contributed by atoms with Crippen molar-refractivity contribution in [1.29, 1.82) is 0 Å². The third-order valence-corrected chi connectivity index (χ3v) is 7.83. The quantitative estimate of drug-likeness (QED) is 0.435. The Balaban J connectivity index is 1.46. The van der Waals surface area contributed by atoms with Crippen LogP contribution in [0.4, 0.5) is 0 Å². The molecular weight excluding hydrogens is 386 g/mol. The van der Waals surface area contributed by atoms with E-state index in [0.29, 0.717) is 9.23 Å². The Kier molecular flexibility index (Phi) is 4.52. The average molecular weight is 410 g/mol. The van der Waals surface area contributed by atoms with E-state index in [2.05, 4.69) is 17.2 Å². The molecule has 5 fully saturated rings. The lowest BCUT2D eigenvalue weighted by Crippen LogP contribution is -2.45. The van der Waals surface area contributed by atoms with E-state index in [1.54, 1.807) is 7.11 Å². The van der Waals surface area contributed by atoms with E-state index >= 15 is 0 Å². The van der Waals surface area contributed by atoms with Crippen LogP contribution in [-0.2, 0) is 4.79 Å². The van der Waals surface area contributed by atoms with Gasteiger partial charge >= 0.3 is 0 Å². The minimum atomic E-state index is -0.132. The number of hydrogen-bond acceptors (Lipinski definition) is 4. The number of ether oxygens (including phenoxy) is 1. The van der Waals surface area contributed by atoms with Crippen molar-refractivity contribution in [1.82, 2.24) is 5.32 Å². The number of rotatable bonds is 2. The molecule has 1 aliphatic heterocycles. The van der Waals surface area contributed by atoms with Gasteiger partial charge in [-0.15, -0.1) is 0 Å². The first-order chi connectivity index (χ1) is 13.5. The fourth-order valence-electron chi connectivity index (χ4n) is 5.95. The van der Waals surface area contributed by atoms with Crippen LogP contribution in [0.15, 0.2) is 23.1 Å². The second-order valence-corrected chi connectivity index (χ2v) is 10.5. The first-order valence-electron chi connectivity index (χ1n) is 9.98. The second kappa shape index (κ2) is 6.93. The van der Waals surface area contributed by atoms with Gasteiger partial charge in [0, 0.05) is 5.41 Å². The standard InChI is InChI=1S/C23H23NO2S2/c1-26-19-3-2-14(10-20-21(25)24-22(27)28-20)9-18(19)4-5-23-11-15-6-16(12-23)8-17(7-15)13-23/h2-3,9-10,15-17H,6-8,11-13H2,1H3,(H,24,25,27). The molecular formula is C23H23NO2S2. The summed E-state index contributed by atoms with van der Waals surface area (Å²) in [5.74, 6) is 10.5. The zero-order valence-corrected chi connectivity index (χ0v) is 17.6. The summed E-state index contributed by atoms with van der Waals surface area (Å²) in [6.07, 6.45) is 9.96. The van der Waals surface area contributed by atoms with Crippen LogP contribution in [0.25, 0.3) is 6.08 Å². The highest BCUT2D eigenvalue weighted by Gasteiger charge is 2.50. The third-order valence-electron chi connectivity index (χ3n) is 6.66. The molecule has 1 heterocycles. The number of hydrogen-bond donors (Lipinski definition) is 1. The molecule has 0 radical (unpaired) electrons. The summed E-state index contributed by atoms with van der Waals surface area (Å²) in [6.45, 7) is 0. The fourth-order valence-corrected chi connectivity index (χ4v) is 6.99. The summed E-state index contributed by atoms with van der Waals surface area (Å²) in [7, 11) is 1.68. The Hall–Kier alpha value is -1.77. The van der Waals surface area contributed by atoms with Crippen molar-refractivity contribution in [3.8, 4) is 17.6 Å². The van der Waals surface area contributed by atoms with Gasteiger partial charge in [-0.1, -0.05) is 41.9 Å². The molecule has 1 amide bonds. The lowest BCUT2D eigenvalue weighted by atomic mass is 9.50. The minimum absolute atomic E-state index is 0.132. The molecule has 144 valence electrons. The largest absolute Gasteiger partial charge is 0.495 e. The van der Waals surface area contributed by atoms with Crippen molar-refractivity contribution >= 4 is 40.3 Å². The van der Waals surface area contributed by atoms with E-state index in [0.717, 1.165) is 34.6 Å². The highest BCUT2D eigenvalue weighted by Crippen LogP contribution is 2.59. The second-order valence-electron chi connectivity index (χ2n) is 8.76. The van der Waals surface area contributed by atoms with E-state index in [-0.39, 0.29) is 11.3 Å². The molecule has 4 bridgehead atoms. The van der Waals surface area contributed by atoms with Gasteiger partial charge in [0.2, 0.25) is 0 Å². The van der Waals surface area contributed by atoms with E-state index in [1.807, 2.05) is 24.3 Å². The number of thioether (sulfide) groups is 1. The van der Waals surface area contributed by atoms with Crippen molar-refractivity contribution in [3.05, 3.63) is 34.2 Å². The molecule has 1 saturated heterocycles. The van der Waals surface area contributed by atoms with Gasteiger partial charge in [0.05, 0.1) is 17.6 Å². The van der Waals surface area contributed by atoms with E-state index in [1.165, 1.54) is 50.3 Å². The number of carbonyl (C=O) groups excluding carboxylic acids is 1. The molecule has 1 aromatic carbocycles. The molecule has 5 aliphatic rings. The summed E-state index contributed by atoms with van der Waals surface area (Å²) in [5, 5.41) is 2.66. The molecule has 3 nitrogen and oxygen atoms in total. The lowest BCUT2D eigenvalue weighted by Gasteiger charge is -2.54. The molecule has 6 rings (SSSR count). The summed E-state index contributed by atoms with van der Waals surface area (Å²) in [6, 6.07) is 5.91. The molecule has 4 saturated carbocycles.